The third-order valence-corrected chi connectivity index (χ3v) is 6.32. The number of nitrogens with zero attached hydrogens (tertiary/aromatic N) is 3. The number of hydrogen-bond acceptors (Lipinski definition) is 4. The highest BCUT2D eigenvalue weighted by atomic mass is 35.5. The van der Waals surface area contributed by atoms with E-state index in [1.165, 1.54) is 19.3 Å². The molecule has 1 aromatic heterocycles. The molecule has 0 atom stereocenters. The van der Waals surface area contributed by atoms with Gasteiger partial charge in [0, 0.05) is 24.3 Å². The Morgan fingerprint density at radius 3 is 2.46 bits per heavy atom. The van der Waals surface area contributed by atoms with Crippen molar-refractivity contribution < 1.29 is 4.79 Å². The molecule has 1 aliphatic carbocycles. The van der Waals surface area contributed by atoms with Gasteiger partial charge in [0.1, 0.15) is 11.6 Å². The quantitative estimate of drug-likeness (QED) is 0.817. The summed E-state index contributed by atoms with van der Waals surface area (Å²) in [5.74, 6) is 1.70. The summed E-state index contributed by atoms with van der Waals surface area (Å²) in [7, 11) is 0. The van der Waals surface area contributed by atoms with Crippen LogP contribution in [0.2, 0.25) is 5.02 Å². The second-order valence-electron chi connectivity index (χ2n) is 7.86. The largest absolute Gasteiger partial charge is 0.357 e. The van der Waals surface area contributed by atoms with Gasteiger partial charge in [0.25, 0.3) is 0 Å². The molecule has 0 unspecified atom stereocenters. The van der Waals surface area contributed by atoms with E-state index in [9.17, 15) is 4.79 Å². The molecule has 1 amide bonds. The number of halogens is 1. The van der Waals surface area contributed by atoms with Gasteiger partial charge >= 0.3 is 0 Å². The Hall–Kier alpha value is -2.14. The first kappa shape index (κ1) is 19.2. The zero-order valence-corrected chi connectivity index (χ0v) is 16.9. The van der Waals surface area contributed by atoms with Gasteiger partial charge in [-0.1, -0.05) is 36.6 Å². The van der Waals surface area contributed by atoms with Crippen LogP contribution in [0.5, 0.6) is 0 Å². The topological polar surface area (TPSA) is 58.1 Å². The van der Waals surface area contributed by atoms with Crippen LogP contribution in [0.3, 0.4) is 0 Å². The van der Waals surface area contributed by atoms with Crippen molar-refractivity contribution >= 4 is 23.3 Å². The molecule has 28 heavy (non-hydrogen) atoms. The minimum Gasteiger partial charge on any atom is -0.357 e. The lowest BCUT2D eigenvalue weighted by molar-refractivity contribution is -0.126. The molecule has 1 aromatic carbocycles. The number of carbonyl (C=O) groups is 1. The third kappa shape index (κ3) is 4.00. The lowest BCUT2D eigenvalue weighted by Gasteiger charge is -2.29. The van der Waals surface area contributed by atoms with E-state index in [0.717, 1.165) is 50.2 Å². The van der Waals surface area contributed by atoms with Crippen molar-refractivity contribution in [2.45, 2.75) is 56.9 Å². The predicted molar refractivity (Wildman–Crippen MR) is 112 cm³/mol. The highest BCUT2D eigenvalue weighted by Gasteiger charge is 2.42. The summed E-state index contributed by atoms with van der Waals surface area (Å²) in [6, 6.07) is 9.68. The number of rotatable bonds is 5. The Kier molecular flexibility index (Phi) is 5.81. The fourth-order valence-corrected chi connectivity index (χ4v) is 4.62. The van der Waals surface area contributed by atoms with Crippen LogP contribution in [0.15, 0.2) is 36.5 Å². The molecule has 1 saturated heterocycles. The lowest BCUT2D eigenvalue weighted by Crippen LogP contribution is -2.42. The molecule has 0 radical (unpaired) electrons. The number of nitrogens with one attached hydrogen (secondary N) is 1. The molecule has 0 bridgehead atoms. The van der Waals surface area contributed by atoms with Gasteiger partial charge in [0.05, 0.1) is 12.0 Å². The number of hydrogen-bond donors (Lipinski definition) is 1. The van der Waals surface area contributed by atoms with Gasteiger partial charge in [0.15, 0.2) is 0 Å². The van der Waals surface area contributed by atoms with E-state index >= 15 is 0 Å². The molecular weight excluding hydrogens is 372 g/mol. The number of amides is 1. The second kappa shape index (κ2) is 8.48. The van der Waals surface area contributed by atoms with Crippen LogP contribution in [0.4, 0.5) is 5.82 Å². The van der Waals surface area contributed by atoms with Crippen LogP contribution in [-0.2, 0) is 16.8 Å². The van der Waals surface area contributed by atoms with Gasteiger partial charge in [-0.05, 0) is 55.9 Å². The predicted octanol–water partition coefficient (Wildman–Crippen LogP) is 4.25. The van der Waals surface area contributed by atoms with Gasteiger partial charge < -0.3 is 10.2 Å². The standard InChI is InChI=1S/C22H27ClN4O/c23-18-8-6-17(7-9-18)22(11-2-3-12-22)21(28)25-16-19-24-13-10-20(26-19)27-14-4-1-5-15-27/h6-10,13H,1-5,11-12,14-16H2,(H,25,28). The molecule has 2 aliphatic rings. The van der Waals surface area contributed by atoms with E-state index in [1.54, 1.807) is 6.20 Å². The van der Waals surface area contributed by atoms with E-state index in [4.69, 9.17) is 11.6 Å². The summed E-state index contributed by atoms with van der Waals surface area (Å²) >= 11 is 6.04. The van der Waals surface area contributed by atoms with Crippen molar-refractivity contribution in [1.29, 1.82) is 0 Å². The zero-order valence-electron chi connectivity index (χ0n) is 16.2. The maximum atomic E-state index is 13.2. The molecular formula is C22H27ClN4O. The highest BCUT2D eigenvalue weighted by Crippen LogP contribution is 2.41. The van der Waals surface area contributed by atoms with Crippen LogP contribution in [0.25, 0.3) is 0 Å². The fraction of sp³-hybridized carbons (Fsp3) is 0.500. The number of anilines is 1. The molecule has 4 rings (SSSR count). The van der Waals surface area contributed by atoms with Gasteiger partial charge in [-0.3, -0.25) is 4.79 Å². The van der Waals surface area contributed by atoms with E-state index in [-0.39, 0.29) is 5.91 Å². The van der Waals surface area contributed by atoms with E-state index < -0.39 is 5.41 Å². The second-order valence-corrected chi connectivity index (χ2v) is 8.29. The molecule has 2 aromatic rings. The Morgan fingerprint density at radius 2 is 1.75 bits per heavy atom. The lowest BCUT2D eigenvalue weighted by atomic mass is 9.78. The minimum atomic E-state index is -0.463. The van der Waals surface area contributed by atoms with E-state index in [0.29, 0.717) is 17.4 Å². The molecule has 148 valence electrons. The van der Waals surface area contributed by atoms with Gasteiger partial charge in [0.2, 0.25) is 5.91 Å². The Bertz CT molecular complexity index is 812. The zero-order chi connectivity index (χ0) is 19.4. The van der Waals surface area contributed by atoms with Crippen molar-refractivity contribution in [3.05, 3.63) is 52.9 Å². The molecule has 2 heterocycles. The minimum absolute atomic E-state index is 0.0688. The normalized spacial score (nSPS) is 18.8. The summed E-state index contributed by atoms with van der Waals surface area (Å²) in [4.78, 5) is 24.6. The van der Waals surface area contributed by atoms with Crippen molar-refractivity contribution in [2.24, 2.45) is 0 Å². The monoisotopic (exact) mass is 398 g/mol. The maximum Gasteiger partial charge on any atom is 0.231 e. The molecule has 1 N–H and O–H groups in total. The highest BCUT2D eigenvalue weighted by molar-refractivity contribution is 6.30. The van der Waals surface area contributed by atoms with Gasteiger partial charge in [-0.15, -0.1) is 0 Å². The van der Waals surface area contributed by atoms with Crippen LogP contribution < -0.4 is 10.2 Å². The average molecular weight is 399 g/mol. The number of aromatic nitrogens is 2. The van der Waals surface area contributed by atoms with Crippen LogP contribution >= 0.6 is 11.6 Å². The maximum absolute atomic E-state index is 13.2. The van der Waals surface area contributed by atoms with E-state index in [2.05, 4.69) is 20.2 Å². The molecule has 0 spiro atoms. The first-order chi connectivity index (χ1) is 13.7. The fourth-order valence-electron chi connectivity index (χ4n) is 4.50. The first-order valence-electron chi connectivity index (χ1n) is 10.3. The molecule has 1 aliphatic heterocycles. The van der Waals surface area contributed by atoms with Crippen LogP contribution in [0, 0.1) is 0 Å². The molecule has 1 saturated carbocycles. The Balaban J connectivity index is 1.46. The van der Waals surface area contributed by atoms with Gasteiger partial charge in [-0.25, -0.2) is 9.97 Å². The first-order valence-corrected chi connectivity index (χ1v) is 10.7. The smallest absolute Gasteiger partial charge is 0.231 e. The third-order valence-electron chi connectivity index (χ3n) is 6.07. The van der Waals surface area contributed by atoms with Crippen molar-refractivity contribution in [1.82, 2.24) is 15.3 Å². The molecule has 2 fully saturated rings. The summed E-state index contributed by atoms with van der Waals surface area (Å²) in [5, 5.41) is 3.80. The van der Waals surface area contributed by atoms with E-state index in [1.807, 2.05) is 30.3 Å². The number of benzene rings is 1. The summed E-state index contributed by atoms with van der Waals surface area (Å²) in [5.41, 5.74) is 0.588. The SMILES string of the molecule is O=C(NCc1nccc(N2CCCCC2)n1)C1(c2ccc(Cl)cc2)CCCC1. The molecule has 6 heteroatoms. The summed E-state index contributed by atoms with van der Waals surface area (Å²) in [6.07, 6.45) is 9.37. The molecule has 5 nitrogen and oxygen atoms in total. The number of piperidine rings is 1. The average Bonchev–Trinajstić information content (AvgIpc) is 3.25. The Labute approximate surface area is 171 Å². The van der Waals surface area contributed by atoms with Crippen LogP contribution in [0.1, 0.15) is 56.3 Å². The number of carbonyl (C=O) groups excluding carboxylic acids is 1. The van der Waals surface area contributed by atoms with Crippen molar-refractivity contribution in [3.8, 4) is 0 Å². The summed E-state index contributed by atoms with van der Waals surface area (Å²) < 4.78 is 0. The van der Waals surface area contributed by atoms with Crippen LogP contribution in [-0.4, -0.2) is 29.0 Å². The Morgan fingerprint density at radius 1 is 1.04 bits per heavy atom. The summed E-state index contributed by atoms with van der Waals surface area (Å²) in [6.45, 7) is 2.45. The van der Waals surface area contributed by atoms with Crippen molar-refractivity contribution in [3.63, 3.8) is 0 Å². The van der Waals surface area contributed by atoms with Gasteiger partial charge in [-0.2, -0.15) is 0 Å². The van der Waals surface area contributed by atoms with Crippen molar-refractivity contribution in [2.75, 3.05) is 18.0 Å².